The second-order valence-electron chi connectivity index (χ2n) is 7.53. The Morgan fingerprint density at radius 2 is 1.64 bits per heavy atom. The van der Waals surface area contributed by atoms with Crippen LogP contribution in [0.4, 0.5) is 0 Å². The number of methoxy groups -OCH3 is 1. The van der Waals surface area contributed by atoms with Crippen molar-refractivity contribution in [1.82, 2.24) is 0 Å². The molecule has 0 aliphatic carbocycles. The number of unbranched alkanes of at least 4 members (excludes halogenated alkanes) is 2. The first-order valence-electron chi connectivity index (χ1n) is 8.54. The van der Waals surface area contributed by atoms with Crippen molar-refractivity contribution in [2.45, 2.75) is 91.2 Å². The molecule has 1 heterocycles. The van der Waals surface area contributed by atoms with Crippen molar-refractivity contribution in [3.8, 4) is 0 Å². The van der Waals surface area contributed by atoms with E-state index in [2.05, 4.69) is 13.8 Å². The maximum atomic E-state index is 12.9. The lowest BCUT2D eigenvalue weighted by Gasteiger charge is -2.46. The third-order valence-corrected chi connectivity index (χ3v) is 4.91. The van der Waals surface area contributed by atoms with Gasteiger partial charge >= 0.3 is 5.97 Å². The van der Waals surface area contributed by atoms with E-state index in [1.807, 2.05) is 27.7 Å². The highest BCUT2D eigenvalue weighted by atomic mass is 16.6. The maximum absolute atomic E-state index is 12.9. The van der Waals surface area contributed by atoms with Crippen molar-refractivity contribution in [3.63, 3.8) is 0 Å². The Morgan fingerprint density at radius 3 is 2.00 bits per heavy atom. The summed E-state index contributed by atoms with van der Waals surface area (Å²) in [6, 6.07) is 0. The van der Waals surface area contributed by atoms with Gasteiger partial charge in [-0.05, 0) is 19.8 Å². The number of hydrogen-bond donors (Lipinski definition) is 0. The summed E-state index contributed by atoms with van der Waals surface area (Å²) in [5.41, 5.74) is -1.86. The van der Waals surface area contributed by atoms with Crippen molar-refractivity contribution in [2.24, 2.45) is 10.4 Å². The molecule has 0 saturated carbocycles. The molecule has 0 radical (unpaired) electrons. The predicted octanol–water partition coefficient (Wildman–Crippen LogP) is 4.51. The lowest BCUT2D eigenvalue weighted by Crippen LogP contribution is -2.59. The standard InChI is InChI=1S/C18H33NO3/c1-8-10-12-18(13-11-9-2)15(20)22-17(6,16(3,4)5)14(19-18)21-7/h8-13H2,1-7H3/t17-/m1/s1. The third kappa shape index (κ3) is 3.47. The minimum atomic E-state index is -0.819. The average Bonchev–Trinajstić information content (AvgIpc) is 2.44. The second kappa shape index (κ2) is 7.01. The van der Waals surface area contributed by atoms with Crippen molar-refractivity contribution >= 4 is 11.9 Å². The molecule has 1 atom stereocenters. The van der Waals surface area contributed by atoms with Gasteiger partial charge in [-0.1, -0.05) is 60.3 Å². The molecule has 1 aliphatic heterocycles. The molecule has 4 nitrogen and oxygen atoms in total. The number of hydrogen-bond acceptors (Lipinski definition) is 4. The van der Waals surface area contributed by atoms with Gasteiger partial charge < -0.3 is 9.47 Å². The Kier molecular flexibility index (Phi) is 6.05. The monoisotopic (exact) mass is 311 g/mol. The fourth-order valence-electron chi connectivity index (χ4n) is 2.76. The van der Waals surface area contributed by atoms with Crippen LogP contribution in [0.1, 0.15) is 80.1 Å². The largest absolute Gasteiger partial charge is 0.481 e. The van der Waals surface area contributed by atoms with Crippen molar-refractivity contribution in [1.29, 1.82) is 0 Å². The van der Waals surface area contributed by atoms with E-state index >= 15 is 0 Å². The van der Waals surface area contributed by atoms with E-state index in [9.17, 15) is 4.79 Å². The van der Waals surface area contributed by atoms with E-state index in [-0.39, 0.29) is 11.4 Å². The van der Waals surface area contributed by atoms with Gasteiger partial charge in [0.25, 0.3) is 0 Å². The first-order valence-corrected chi connectivity index (χ1v) is 8.54. The Labute approximate surface area is 135 Å². The van der Waals surface area contributed by atoms with Crippen LogP contribution in [0, 0.1) is 5.41 Å². The molecule has 0 aromatic heterocycles. The van der Waals surface area contributed by atoms with Crippen LogP contribution < -0.4 is 0 Å². The summed E-state index contributed by atoms with van der Waals surface area (Å²) in [6.45, 7) is 12.3. The molecular formula is C18H33NO3. The number of rotatable bonds is 6. The number of esters is 1. The van der Waals surface area contributed by atoms with Gasteiger partial charge in [0.2, 0.25) is 5.90 Å². The van der Waals surface area contributed by atoms with Crippen molar-refractivity contribution in [2.75, 3.05) is 7.11 Å². The molecule has 0 spiro atoms. The zero-order valence-electron chi connectivity index (χ0n) is 15.4. The van der Waals surface area contributed by atoms with E-state index in [0.29, 0.717) is 5.90 Å². The fraction of sp³-hybridized carbons (Fsp3) is 0.889. The zero-order valence-corrected chi connectivity index (χ0v) is 15.4. The fourth-order valence-corrected chi connectivity index (χ4v) is 2.76. The molecular weight excluding hydrogens is 278 g/mol. The molecule has 0 N–H and O–H groups in total. The topological polar surface area (TPSA) is 47.9 Å². The van der Waals surface area contributed by atoms with Gasteiger partial charge in [-0.25, -0.2) is 9.79 Å². The van der Waals surface area contributed by atoms with Crippen LogP contribution in [0.2, 0.25) is 0 Å². The Bertz CT molecular complexity index is 415. The third-order valence-electron chi connectivity index (χ3n) is 4.91. The molecule has 0 aromatic rings. The van der Waals surface area contributed by atoms with Gasteiger partial charge in [0.05, 0.1) is 7.11 Å². The van der Waals surface area contributed by atoms with Gasteiger partial charge in [-0.2, -0.15) is 0 Å². The molecule has 0 unspecified atom stereocenters. The van der Waals surface area contributed by atoms with Crippen LogP contribution in [0.25, 0.3) is 0 Å². The number of nitrogens with zero attached hydrogens (tertiary/aromatic N) is 1. The molecule has 1 aliphatic rings. The number of carbonyl (C=O) groups excluding carboxylic acids is 1. The minimum Gasteiger partial charge on any atom is -0.481 e. The van der Waals surface area contributed by atoms with Gasteiger partial charge in [0, 0.05) is 5.41 Å². The Morgan fingerprint density at radius 1 is 1.14 bits per heavy atom. The quantitative estimate of drug-likeness (QED) is 0.678. The van der Waals surface area contributed by atoms with Gasteiger partial charge in [-0.3, -0.25) is 0 Å². The molecule has 22 heavy (non-hydrogen) atoms. The van der Waals surface area contributed by atoms with Crippen LogP contribution in [-0.2, 0) is 14.3 Å². The maximum Gasteiger partial charge on any atom is 0.335 e. The van der Waals surface area contributed by atoms with Gasteiger partial charge in [0.15, 0.2) is 11.1 Å². The minimum absolute atomic E-state index is 0.187. The van der Waals surface area contributed by atoms with Gasteiger partial charge in [-0.15, -0.1) is 0 Å². The summed E-state index contributed by atoms with van der Waals surface area (Å²) >= 11 is 0. The highest BCUT2D eigenvalue weighted by Crippen LogP contribution is 2.42. The van der Waals surface area contributed by atoms with Crippen LogP contribution >= 0.6 is 0 Å². The summed E-state index contributed by atoms with van der Waals surface area (Å²) in [5.74, 6) is 0.361. The van der Waals surface area contributed by atoms with Gasteiger partial charge in [0.1, 0.15) is 0 Å². The molecule has 0 amide bonds. The normalized spacial score (nSPS) is 24.7. The lowest BCUT2D eigenvalue weighted by atomic mass is 9.75. The first-order chi connectivity index (χ1) is 10.2. The molecule has 0 aromatic carbocycles. The van der Waals surface area contributed by atoms with Crippen LogP contribution in [-0.4, -0.2) is 30.1 Å². The van der Waals surface area contributed by atoms with E-state index in [1.165, 1.54) is 0 Å². The zero-order chi connectivity index (χ0) is 17.0. The highest BCUT2D eigenvalue weighted by Gasteiger charge is 2.55. The van der Waals surface area contributed by atoms with E-state index < -0.39 is 11.1 Å². The molecule has 128 valence electrons. The van der Waals surface area contributed by atoms with Crippen LogP contribution in [0.15, 0.2) is 4.99 Å². The van der Waals surface area contributed by atoms with Crippen LogP contribution in [0.3, 0.4) is 0 Å². The Hall–Kier alpha value is -1.06. The molecule has 0 bridgehead atoms. The molecule has 0 fully saturated rings. The number of aliphatic imine (C=N–C) groups is 1. The number of carbonyl (C=O) groups is 1. The predicted molar refractivity (Wildman–Crippen MR) is 90.2 cm³/mol. The first kappa shape index (κ1) is 19.0. The van der Waals surface area contributed by atoms with E-state index in [0.717, 1.165) is 38.5 Å². The van der Waals surface area contributed by atoms with Crippen LogP contribution in [0.5, 0.6) is 0 Å². The summed E-state index contributed by atoms with van der Waals surface area (Å²) in [4.78, 5) is 17.7. The molecule has 4 heteroatoms. The van der Waals surface area contributed by atoms with E-state index in [1.54, 1.807) is 7.11 Å². The van der Waals surface area contributed by atoms with Crippen molar-refractivity contribution < 1.29 is 14.3 Å². The smallest absolute Gasteiger partial charge is 0.335 e. The number of ether oxygens (including phenoxy) is 2. The highest BCUT2D eigenvalue weighted by molar-refractivity contribution is 5.96. The summed E-state index contributed by atoms with van der Waals surface area (Å²) in [6.07, 6.45) is 5.47. The average molecular weight is 311 g/mol. The summed E-state index contributed by atoms with van der Waals surface area (Å²) < 4.78 is 11.5. The summed E-state index contributed by atoms with van der Waals surface area (Å²) in [7, 11) is 1.62. The SMILES string of the molecule is CCCCC1(CCCC)N=C(OC)[C@](C)(C(C)(C)C)OC1=O. The second-order valence-corrected chi connectivity index (χ2v) is 7.53. The van der Waals surface area contributed by atoms with Crippen molar-refractivity contribution in [3.05, 3.63) is 0 Å². The molecule has 0 saturated heterocycles. The van der Waals surface area contributed by atoms with E-state index in [4.69, 9.17) is 14.5 Å². The Balaban J connectivity index is 3.29. The molecule has 1 rings (SSSR count). The lowest BCUT2D eigenvalue weighted by molar-refractivity contribution is -0.173. The number of cyclic esters (lactones) is 1. The summed E-state index contributed by atoms with van der Waals surface area (Å²) in [5, 5.41) is 0.